The first-order chi connectivity index (χ1) is 27.4. The number of aromatic nitrogens is 2. The zero-order valence-electron chi connectivity index (χ0n) is 35.9. The van der Waals surface area contributed by atoms with Gasteiger partial charge in [0.05, 0.1) is 36.5 Å². The minimum atomic E-state index is -0.641. The monoisotopic (exact) mass is 799 g/mol. The van der Waals surface area contributed by atoms with Crippen LogP contribution >= 0.6 is 0 Å². The zero-order valence-corrected chi connectivity index (χ0v) is 35.9. The average molecular weight is 800 g/mol. The summed E-state index contributed by atoms with van der Waals surface area (Å²) in [7, 11) is 9.15. The Bertz CT molecular complexity index is 1580. The first-order valence-corrected chi connectivity index (χ1v) is 21.8. The fraction of sp³-hybridized carbons (Fsp3) is 0.841. The number of fused-ring (bicyclic) bond motifs is 8. The smallest absolute Gasteiger partial charge is 0.306 e. The number of methoxy groups -OCH3 is 3. The number of ether oxygens (including phenoxy) is 8. The summed E-state index contributed by atoms with van der Waals surface area (Å²) in [6.45, 7) is 10.3. The number of aryl methyl sites for hydroxylation is 1. The Balaban J connectivity index is 1.19. The predicted molar refractivity (Wildman–Crippen MR) is 212 cm³/mol. The molecule has 1 aromatic heterocycles. The van der Waals surface area contributed by atoms with E-state index in [4.69, 9.17) is 42.9 Å². The second-order valence-electron chi connectivity index (χ2n) is 17.8. The van der Waals surface area contributed by atoms with Crippen LogP contribution in [0.4, 0.5) is 0 Å². The SMILES string of the molecule is CCc1nc2c([nH]1)[C@@H]1C[C@@H](O[C@@H]3OC(C)[C@H](OC)C(OC)[C@@H]3OC)C[C@H]1[C@@H]1C=C3C(=O)[C@H](C)[C@@H](O[C@H]4CC[C@H](N(C)C)C(C)O4)CCC[C@H](CC)OC(=O)C[C@H]3[C@H]21. The molecule has 0 spiro atoms. The number of likely N-dealkylation sites (N-methyl/N-ethyl adjacent to an activating group) is 1. The van der Waals surface area contributed by atoms with Crippen LogP contribution in [-0.2, 0) is 53.9 Å². The van der Waals surface area contributed by atoms with Crippen LogP contribution in [0.1, 0.15) is 121 Å². The van der Waals surface area contributed by atoms with Gasteiger partial charge in [0, 0.05) is 63.2 Å². The van der Waals surface area contributed by atoms with Crippen LogP contribution in [0.5, 0.6) is 0 Å². The number of aromatic amines is 1. The lowest BCUT2D eigenvalue weighted by Crippen LogP contribution is -2.59. The number of hydrogen-bond donors (Lipinski definition) is 1. The van der Waals surface area contributed by atoms with Crippen LogP contribution in [0.2, 0.25) is 0 Å². The first kappa shape index (κ1) is 42.9. The van der Waals surface area contributed by atoms with Crippen molar-refractivity contribution in [1.82, 2.24) is 14.9 Å². The molecule has 7 rings (SSSR count). The third kappa shape index (κ3) is 8.43. The number of ketones is 1. The standard InChI is InChI=1S/C44H69N3O10/c1-11-25-14-13-15-33(57-36-17-16-32(47(6)7)23(4)53-36)22(3)40(49)31-20-28-27-18-26(56-44-43(52-10)42(51-9)41(50-8)24(5)54-44)19-30(27)38-39(46-34(12-2)45-38)37(28)29(31)21-35(48)55-25/h20,22-30,32-33,36-37,41-44H,11-19,21H2,1-10H3,(H,45,46)/t22-,23?,24?,25+,26+,27+,28+,29-,30-,32+,33+,36+,37-,41+,42?,43+,44+/m1/s1. The predicted octanol–water partition coefficient (Wildman–Crippen LogP) is 5.85. The summed E-state index contributed by atoms with van der Waals surface area (Å²) >= 11 is 0. The van der Waals surface area contributed by atoms with E-state index in [1.54, 1.807) is 21.3 Å². The summed E-state index contributed by atoms with van der Waals surface area (Å²) < 4.78 is 50.2. The van der Waals surface area contributed by atoms with Crippen LogP contribution in [-0.4, -0.2) is 129 Å². The Hall–Kier alpha value is -2.23. The van der Waals surface area contributed by atoms with Gasteiger partial charge in [0.25, 0.3) is 0 Å². The highest BCUT2D eigenvalue weighted by molar-refractivity contribution is 5.99. The number of imidazole rings is 1. The average Bonchev–Trinajstić information content (AvgIpc) is 3.91. The molecule has 3 unspecified atom stereocenters. The lowest BCUT2D eigenvalue weighted by atomic mass is 9.67. The summed E-state index contributed by atoms with van der Waals surface area (Å²) in [5.41, 5.74) is 2.81. The number of esters is 1. The molecule has 6 aliphatic rings. The maximum atomic E-state index is 15.0. The molecule has 4 fully saturated rings. The van der Waals surface area contributed by atoms with Crippen molar-refractivity contribution in [2.75, 3.05) is 35.4 Å². The van der Waals surface area contributed by atoms with Crippen molar-refractivity contribution in [3.63, 3.8) is 0 Å². The minimum Gasteiger partial charge on any atom is -0.462 e. The highest BCUT2D eigenvalue weighted by Gasteiger charge is 2.57. The number of nitrogens with zero attached hydrogens (tertiary/aromatic N) is 2. The number of rotatable bonds is 10. The molecule has 4 heterocycles. The highest BCUT2D eigenvalue weighted by Crippen LogP contribution is 2.61. The van der Waals surface area contributed by atoms with Gasteiger partial charge in [-0.2, -0.15) is 0 Å². The van der Waals surface area contributed by atoms with Gasteiger partial charge in [-0.15, -0.1) is 0 Å². The number of nitrogens with one attached hydrogen (secondary N) is 1. The van der Waals surface area contributed by atoms with Crippen molar-refractivity contribution in [2.45, 2.75) is 178 Å². The van der Waals surface area contributed by atoms with E-state index in [1.807, 2.05) is 13.8 Å². The van der Waals surface area contributed by atoms with Crippen molar-refractivity contribution < 1.29 is 47.5 Å². The van der Waals surface area contributed by atoms with E-state index < -0.39 is 18.3 Å². The van der Waals surface area contributed by atoms with E-state index in [1.165, 1.54) is 0 Å². The summed E-state index contributed by atoms with van der Waals surface area (Å²) in [5, 5.41) is 0. The van der Waals surface area contributed by atoms with Crippen LogP contribution < -0.4 is 0 Å². The van der Waals surface area contributed by atoms with Gasteiger partial charge in [-0.25, -0.2) is 4.98 Å². The van der Waals surface area contributed by atoms with Gasteiger partial charge in [0.1, 0.15) is 30.2 Å². The molecule has 0 radical (unpaired) electrons. The van der Waals surface area contributed by atoms with Gasteiger partial charge in [0.15, 0.2) is 18.4 Å². The minimum absolute atomic E-state index is 0.000894. The Labute approximate surface area is 339 Å². The van der Waals surface area contributed by atoms with Gasteiger partial charge in [-0.1, -0.05) is 26.8 Å². The molecule has 0 bridgehead atoms. The van der Waals surface area contributed by atoms with Gasteiger partial charge < -0.3 is 47.8 Å². The number of carbonyl (C=O) groups is 2. The summed E-state index contributed by atoms with van der Waals surface area (Å²) in [4.78, 5) is 40.0. The van der Waals surface area contributed by atoms with E-state index in [0.717, 1.165) is 74.2 Å². The number of Topliss-reactive ketones (excluding diaryl/α,β-unsaturated/α-hetero) is 1. The second kappa shape index (κ2) is 18.2. The Morgan fingerprint density at radius 2 is 1.63 bits per heavy atom. The molecule has 13 nitrogen and oxygen atoms in total. The fourth-order valence-corrected chi connectivity index (χ4v) is 11.4. The second-order valence-corrected chi connectivity index (χ2v) is 17.8. The van der Waals surface area contributed by atoms with Crippen molar-refractivity contribution in [1.29, 1.82) is 0 Å². The summed E-state index contributed by atoms with van der Waals surface area (Å²) in [6.07, 6.45) is 6.28. The topological polar surface area (TPSA) is 140 Å². The van der Waals surface area contributed by atoms with Crippen LogP contribution in [0.25, 0.3) is 0 Å². The number of H-pyrrole nitrogens is 1. The van der Waals surface area contributed by atoms with Crippen LogP contribution in [0.3, 0.4) is 0 Å². The molecule has 1 saturated carbocycles. The van der Waals surface area contributed by atoms with Crippen molar-refractivity contribution >= 4 is 11.8 Å². The van der Waals surface area contributed by atoms with E-state index in [-0.39, 0.29) is 96.8 Å². The molecule has 320 valence electrons. The van der Waals surface area contributed by atoms with E-state index in [9.17, 15) is 4.79 Å². The first-order valence-electron chi connectivity index (χ1n) is 21.8. The lowest BCUT2D eigenvalue weighted by molar-refractivity contribution is -0.314. The van der Waals surface area contributed by atoms with E-state index in [2.05, 4.69) is 50.8 Å². The fourth-order valence-electron chi connectivity index (χ4n) is 11.4. The maximum Gasteiger partial charge on any atom is 0.306 e. The Morgan fingerprint density at radius 1 is 0.877 bits per heavy atom. The highest BCUT2D eigenvalue weighted by atomic mass is 16.7. The zero-order chi connectivity index (χ0) is 40.7. The number of hydrogen-bond acceptors (Lipinski definition) is 12. The third-order valence-electron chi connectivity index (χ3n) is 14.4. The Morgan fingerprint density at radius 3 is 2.30 bits per heavy atom. The molecular weight excluding hydrogens is 730 g/mol. The normalized spacial score (nSPS) is 42.6. The number of carbonyl (C=O) groups excluding carboxylic acids is 2. The van der Waals surface area contributed by atoms with Crippen molar-refractivity contribution in [3.05, 3.63) is 28.9 Å². The number of allylic oxidation sites excluding steroid dienone is 2. The van der Waals surface area contributed by atoms with Crippen LogP contribution in [0.15, 0.2) is 11.6 Å². The van der Waals surface area contributed by atoms with Crippen molar-refractivity contribution in [2.24, 2.45) is 23.7 Å². The molecule has 3 aliphatic carbocycles. The van der Waals surface area contributed by atoms with Gasteiger partial charge >= 0.3 is 5.97 Å². The van der Waals surface area contributed by atoms with E-state index >= 15 is 4.79 Å². The molecule has 57 heavy (non-hydrogen) atoms. The molecule has 13 heteroatoms. The molecular formula is C44H69N3O10. The molecule has 0 amide bonds. The molecule has 3 aliphatic heterocycles. The molecule has 0 aromatic carbocycles. The maximum absolute atomic E-state index is 15.0. The van der Waals surface area contributed by atoms with E-state index in [0.29, 0.717) is 12.5 Å². The quantitative estimate of drug-likeness (QED) is 0.284. The summed E-state index contributed by atoms with van der Waals surface area (Å²) in [6, 6.07) is 0.322. The molecule has 17 atom stereocenters. The largest absolute Gasteiger partial charge is 0.462 e. The van der Waals surface area contributed by atoms with Gasteiger partial charge in [-0.05, 0) is 96.7 Å². The third-order valence-corrected chi connectivity index (χ3v) is 14.4. The van der Waals surface area contributed by atoms with Crippen molar-refractivity contribution in [3.8, 4) is 0 Å². The Kier molecular flexibility index (Phi) is 13.7. The van der Waals surface area contributed by atoms with Gasteiger partial charge in [-0.3, -0.25) is 9.59 Å². The van der Waals surface area contributed by atoms with Crippen LogP contribution in [0, 0.1) is 23.7 Å². The molecule has 1 N–H and O–H groups in total. The number of cyclic esters (lactones) is 1. The van der Waals surface area contributed by atoms with Gasteiger partial charge in [0.2, 0.25) is 0 Å². The molecule has 1 aromatic rings. The molecule has 3 saturated heterocycles. The lowest BCUT2D eigenvalue weighted by Gasteiger charge is -2.44. The summed E-state index contributed by atoms with van der Waals surface area (Å²) in [5.74, 6) is 0.118.